The second-order valence-corrected chi connectivity index (χ2v) is 7.62. The summed E-state index contributed by atoms with van der Waals surface area (Å²) in [5.74, 6) is 1.45. The number of carbonyl (C=O) groups is 1. The lowest BCUT2D eigenvalue weighted by molar-refractivity contribution is -0.123. The Morgan fingerprint density at radius 1 is 1.32 bits per heavy atom. The highest BCUT2D eigenvalue weighted by molar-refractivity contribution is 5.82. The topological polar surface area (TPSA) is 41.1 Å². The normalized spacial score (nSPS) is 32.7. The molecule has 110 valence electrons. The Balaban J connectivity index is 1.78. The van der Waals surface area contributed by atoms with Crippen molar-refractivity contribution in [3.05, 3.63) is 0 Å². The average Bonchev–Trinajstić information content (AvgIpc) is 2.78. The SMILES string of the molecule is CC(CNC(=O)C1CC2CCCCC2N1)C(C)(C)C. The number of amides is 1. The molecule has 19 heavy (non-hydrogen) atoms. The van der Waals surface area contributed by atoms with Crippen molar-refractivity contribution in [3.63, 3.8) is 0 Å². The highest BCUT2D eigenvalue weighted by atomic mass is 16.2. The van der Waals surface area contributed by atoms with Crippen LogP contribution >= 0.6 is 0 Å². The zero-order chi connectivity index (χ0) is 14.0. The van der Waals surface area contributed by atoms with Gasteiger partial charge in [0.05, 0.1) is 6.04 Å². The lowest BCUT2D eigenvalue weighted by Crippen LogP contribution is -2.45. The summed E-state index contributed by atoms with van der Waals surface area (Å²) in [5.41, 5.74) is 0.254. The van der Waals surface area contributed by atoms with Gasteiger partial charge in [-0.2, -0.15) is 0 Å². The van der Waals surface area contributed by atoms with E-state index in [9.17, 15) is 4.79 Å². The zero-order valence-electron chi connectivity index (χ0n) is 13.0. The Morgan fingerprint density at radius 2 is 2.00 bits per heavy atom. The van der Waals surface area contributed by atoms with Crippen molar-refractivity contribution < 1.29 is 4.79 Å². The number of nitrogens with one attached hydrogen (secondary N) is 2. The summed E-state index contributed by atoms with van der Waals surface area (Å²) in [6.07, 6.45) is 6.27. The van der Waals surface area contributed by atoms with Crippen LogP contribution in [0.5, 0.6) is 0 Å². The van der Waals surface area contributed by atoms with Crippen LogP contribution in [-0.4, -0.2) is 24.5 Å². The minimum Gasteiger partial charge on any atom is -0.354 e. The van der Waals surface area contributed by atoms with Crippen LogP contribution in [0.25, 0.3) is 0 Å². The molecule has 3 heteroatoms. The third-order valence-corrected chi connectivity index (χ3v) is 5.24. The molecule has 0 aromatic rings. The molecule has 4 unspecified atom stereocenters. The number of carbonyl (C=O) groups excluding carboxylic acids is 1. The lowest BCUT2D eigenvalue weighted by atomic mass is 9.82. The fourth-order valence-electron chi connectivity index (χ4n) is 3.20. The monoisotopic (exact) mass is 266 g/mol. The summed E-state index contributed by atoms with van der Waals surface area (Å²) in [7, 11) is 0. The Morgan fingerprint density at radius 3 is 2.63 bits per heavy atom. The van der Waals surface area contributed by atoms with Gasteiger partial charge in [0.1, 0.15) is 0 Å². The van der Waals surface area contributed by atoms with Crippen molar-refractivity contribution in [1.82, 2.24) is 10.6 Å². The summed E-state index contributed by atoms with van der Waals surface area (Å²) >= 11 is 0. The summed E-state index contributed by atoms with van der Waals surface area (Å²) in [6, 6.07) is 0.657. The summed E-state index contributed by atoms with van der Waals surface area (Å²) in [6.45, 7) is 9.68. The summed E-state index contributed by atoms with van der Waals surface area (Å²) in [4.78, 5) is 12.2. The van der Waals surface area contributed by atoms with Crippen molar-refractivity contribution in [2.24, 2.45) is 17.3 Å². The fourth-order valence-corrected chi connectivity index (χ4v) is 3.20. The lowest BCUT2D eigenvalue weighted by Gasteiger charge is -2.27. The van der Waals surface area contributed by atoms with Crippen molar-refractivity contribution in [2.45, 2.75) is 71.9 Å². The van der Waals surface area contributed by atoms with Gasteiger partial charge in [-0.3, -0.25) is 4.79 Å². The van der Waals surface area contributed by atoms with Gasteiger partial charge in [-0.05, 0) is 36.5 Å². The third kappa shape index (κ3) is 3.71. The van der Waals surface area contributed by atoms with Gasteiger partial charge in [0.2, 0.25) is 5.91 Å². The van der Waals surface area contributed by atoms with Crippen molar-refractivity contribution >= 4 is 5.91 Å². The second kappa shape index (κ2) is 5.82. The molecule has 2 fully saturated rings. The molecule has 2 aliphatic rings. The molecule has 1 saturated heterocycles. The molecule has 1 aliphatic heterocycles. The third-order valence-electron chi connectivity index (χ3n) is 5.24. The first-order valence-corrected chi connectivity index (χ1v) is 7.91. The second-order valence-electron chi connectivity index (χ2n) is 7.62. The van der Waals surface area contributed by atoms with Crippen molar-refractivity contribution in [2.75, 3.05) is 6.54 Å². The highest BCUT2D eigenvalue weighted by Gasteiger charge is 2.38. The molecule has 2 rings (SSSR count). The molecule has 0 aromatic heterocycles. The van der Waals surface area contributed by atoms with Gasteiger partial charge in [-0.25, -0.2) is 0 Å². The van der Waals surface area contributed by atoms with E-state index in [1.807, 2.05) is 0 Å². The van der Waals surface area contributed by atoms with E-state index in [4.69, 9.17) is 0 Å². The maximum Gasteiger partial charge on any atom is 0.237 e. The number of fused-ring (bicyclic) bond motifs is 1. The van der Waals surface area contributed by atoms with E-state index < -0.39 is 0 Å². The largest absolute Gasteiger partial charge is 0.354 e. The standard InChI is InChI=1S/C16H30N2O/c1-11(16(2,3)4)10-17-15(19)14-9-12-7-5-6-8-13(12)18-14/h11-14,18H,5-10H2,1-4H3,(H,17,19). The summed E-state index contributed by atoms with van der Waals surface area (Å²) < 4.78 is 0. The van der Waals surface area contributed by atoms with E-state index in [-0.39, 0.29) is 17.4 Å². The molecular formula is C16H30N2O. The quantitative estimate of drug-likeness (QED) is 0.824. The predicted octanol–water partition coefficient (Wildman–Crippen LogP) is 2.71. The smallest absolute Gasteiger partial charge is 0.237 e. The predicted molar refractivity (Wildman–Crippen MR) is 78.9 cm³/mol. The highest BCUT2D eigenvalue weighted by Crippen LogP contribution is 2.33. The average molecular weight is 266 g/mol. The van der Waals surface area contributed by atoms with Gasteiger partial charge in [0.15, 0.2) is 0 Å². The van der Waals surface area contributed by atoms with Crippen LogP contribution in [0.2, 0.25) is 0 Å². The van der Waals surface area contributed by atoms with Crippen molar-refractivity contribution in [3.8, 4) is 0 Å². The minimum atomic E-state index is 0.0558. The molecule has 0 spiro atoms. The van der Waals surface area contributed by atoms with E-state index in [2.05, 4.69) is 38.3 Å². The molecule has 1 amide bonds. The first kappa shape index (κ1) is 14.8. The number of hydrogen-bond donors (Lipinski definition) is 2. The Kier molecular flexibility index (Phi) is 4.54. The van der Waals surface area contributed by atoms with Crippen molar-refractivity contribution in [1.29, 1.82) is 0 Å². The van der Waals surface area contributed by atoms with Gasteiger partial charge in [0.25, 0.3) is 0 Å². The number of hydrogen-bond acceptors (Lipinski definition) is 2. The maximum atomic E-state index is 12.2. The van der Waals surface area contributed by atoms with Crippen LogP contribution in [0.1, 0.15) is 59.8 Å². The molecule has 0 radical (unpaired) electrons. The minimum absolute atomic E-state index is 0.0558. The Labute approximate surface area is 117 Å². The van der Waals surface area contributed by atoms with Crippen LogP contribution in [-0.2, 0) is 4.79 Å². The van der Waals surface area contributed by atoms with Crippen LogP contribution < -0.4 is 10.6 Å². The van der Waals surface area contributed by atoms with Gasteiger partial charge in [-0.1, -0.05) is 40.5 Å². The molecule has 0 bridgehead atoms. The first-order chi connectivity index (χ1) is 8.88. The molecule has 1 saturated carbocycles. The van der Waals surface area contributed by atoms with Gasteiger partial charge in [0, 0.05) is 12.6 Å². The Bertz CT molecular complexity index is 307. The summed E-state index contributed by atoms with van der Waals surface area (Å²) in [5, 5.41) is 6.68. The molecule has 4 atom stereocenters. The maximum absolute atomic E-state index is 12.2. The molecule has 1 aliphatic carbocycles. The number of rotatable bonds is 3. The van der Waals surface area contributed by atoms with E-state index >= 15 is 0 Å². The van der Waals surface area contributed by atoms with Crippen LogP contribution in [0.15, 0.2) is 0 Å². The van der Waals surface area contributed by atoms with E-state index in [1.165, 1.54) is 25.7 Å². The van der Waals surface area contributed by atoms with Crippen LogP contribution in [0.4, 0.5) is 0 Å². The molecule has 3 nitrogen and oxygen atoms in total. The van der Waals surface area contributed by atoms with E-state index in [0.29, 0.717) is 12.0 Å². The van der Waals surface area contributed by atoms with E-state index in [1.54, 1.807) is 0 Å². The first-order valence-electron chi connectivity index (χ1n) is 7.91. The van der Waals surface area contributed by atoms with E-state index in [0.717, 1.165) is 18.9 Å². The molecule has 2 N–H and O–H groups in total. The zero-order valence-corrected chi connectivity index (χ0v) is 13.0. The van der Waals surface area contributed by atoms with Gasteiger partial charge >= 0.3 is 0 Å². The van der Waals surface area contributed by atoms with Crippen LogP contribution in [0.3, 0.4) is 0 Å². The molecule has 0 aromatic carbocycles. The van der Waals surface area contributed by atoms with Gasteiger partial charge < -0.3 is 10.6 Å². The molecule has 1 heterocycles. The Hall–Kier alpha value is -0.570. The van der Waals surface area contributed by atoms with Crippen LogP contribution in [0, 0.1) is 17.3 Å². The molecular weight excluding hydrogens is 236 g/mol. The van der Waals surface area contributed by atoms with Gasteiger partial charge in [-0.15, -0.1) is 0 Å². The fraction of sp³-hybridized carbons (Fsp3) is 0.938.